The molecule has 3 aromatic heterocycles. The van der Waals surface area contributed by atoms with Crippen molar-refractivity contribution in [2.24, 2.45) is 0 Å². The first-order valence-corrected chi connectivity index (χ1v) is 7.14. The van der Waals surface area contributed by atoms with Crippen molar-refractivity contribution in [2.45, 2.75) is 0 Å². The predicted molar refractivity (Wildman–Crippen MR) is 82.4 cm³/mol. The van der Waals surface area contributed by atoms with E-state index >= 15 is 0 Å². The van der Waals surface area contributed by atoms with Gasteiger partial charge in [-0.05, 0) is 30.3 Å². The highest BCUT2D eigenvalue weighted by Crippen LogP contribution is 2.35. The zero-order valence-electron chi connectivity index (χ0n) is 10.7. The van der Waals surface area contributed by atoms with Crippen molar-refractivity contribution in [3.63, 3.8) is 0 Å². The predicted octanol–water partition coefficient (Wildman–Crippen LogP) is 4.12. The summed E-state index contributed by atoms with van der Waals surface area (Å²) in [6.07, 6.45) is 3.26. The second-order valence-electron chi connectivity index (χ2n) is 4.49. The van der Waals surface area contributed by atoms with Crippen LogP contribution >= 0.6 is 11.3 Å². The highest BCUT2D eigenvalue weighted by atomic mass is 32.1. The summed E-state index contributed by atoms with van der Waals surface area (Å²) >= 11 is 1.52. The number of halogens is 1. The molecule has 0 spiro atoms. The lowest BCUT2D eigenvalue weighted by atomic mass is 10.3. The Kier molecular flexibility index (Phi) is 2.75. The number of pyridine rings is 1. The third-order valence-corrected chi connectivity index (χ3v) is 4.23. The van der Waals surface area contributed by atoms with E-state index in [0.29, 0.717) is 11.5 Å². The second kappa shape index (κ2) is 4.75. The molecule has 0 unspecified atom stereocenters. The van der Waals surface area contributed by atoms with Gasteiger partial charge in [-0.3, -0.25) is 0 Å². The molecule has 1 aromatic carbocycles. The van der Waals surface area contributed by atoms with Gasteiger partial charge in [0.05, 0.1) is 10.2 Å². The number of fused-ring (bicyclic) bond motifs is 3. The molecule has 0 bridgehead atoms. The maximum absolute atomic E-state index is 13.3. The van der Waals surface area contributed by atoms with Crippen LogP contribution in [0.1, 0.15) is 0 Å². The van der Waals surface area contributed by atoms with Gasteiger partial charge in [-0.2, -0.15) is 0 Å². The normalized spacial score (nSPS) is 11.1. The van der Waals surface area contributed by atoms with Crippen LogP contribution in [-0.4, -0.2) is 15.0 Å². The lowest BCUT2D eigenvalue weighted by molar-refractivity contribution is 0.628. The molecule has 102 valence electrons. The number of rotatable bonds is 2. The Bertz CT molecular complexity index is 951. The third-order valence-electron chi connectivity index (χ3n) is 3.12. The Morgan fingerprint density at radius 1 is 1.05 bits per heavy atom. The molecular weight excluding hydrogens is 287 g/mol. The molecule has 0 amide bonds. The van der Waals surface area contributed by atoms with E-state index in [0.717, 1.165) is 20.4 Å². The van der Waals surface area contributed by atoms with Crippen LogP contribution in [0.3, 0.4) is 0 Å². The second-order valence-corrected chi connectivity index (χ2v) is 5.49. The molecule has 3 heterocycles. The third kappa shape index (κ3) is 2.09. The molecular formula is C15H9FN4S. The lowest BCUT2D eigenvalue weighted by Crippen LogP contribution is -1.94. The average molecular weight is 296 g/mol. The molecule has 6 heteroatoms. The van der Waals surface area contributed by atoms with Gasteiger partial charge in [-0.25, -0.2) is 19.3 Å². The van der Waals surface area contributed by atoms with Gasteiger partial charge in [0.1, 0.15) is 17.0 Å². The van der Waals surface area contributed by atoms with Crippen molar-refractivity contribution in [1.29, 1.82) is 0 Å². The number of hydrogen-bond donors (Lipinski definition) is 1. The summed E-state index contributed by atoms with van der Waals surface area (Å²) in [4.78, 5) is 13.9. The molecule has 4 rings (SSSR count). The van der Waals surface area contributed by atoms with Gasteiger partial charge in [0.15, 0.2) is 5.82 Å². The summed E-state index contributed by atoms with van der Waals surface area (Å²) in [7, 11) is 0. The monoisotopic (exact) mass is 296 g/mol. The summed E-state index contributed by atoms with van der Waals surface area (Å²) in [6, 6.07) is 10.2. The zero-order chi connectivity index (χ0) is 14.2. The Morgan fingerprint density at radius 3 is 2.90 bits per heavy atom. The first-order valence-electron chi connectivity index (χ1n) is 6.32. The molecule has 1 N–H and O–H groups in total. The summed E-state index contributed by atoms with van der Waals surface area (Å²) in [5.74, 6) is 0.372. The summed E-state index contributed by atoms with van der Waals surface area (Å²) < 4.78 is 14.2. The topological polar surface area (TPSA) is 50.7 Å². The van der Waals surface area contributed by atoms with E-state index < -0.39 is 0 Å². The van der Waals surface area contributed by atoms with Gasteiger partial charge in [-0.1, -0.05) is 6.07 Å². The van der Waals surface area contributed by atoms with Crippen molar-refractivity contribution in [3.8, 4) is 0 Å². The van der Waals surface area contributed by atoms with Gasteiger partial charge in [0.2, 0.25) is 0 Å². The van der Waals surface area contributed by atoms with Crippen molar-refractivity contribution < 1.29 is 4.39 Å². The fourth-order valence-electron chi connectivity index (χ4n) is 2.20. The maximum atomic E-state index is 13.3. The van der Waals surface area contributed by atoms with Crippen LogP contribution in [0.2, 0.25) is 0 Å². The van der Waals surface area contributed by atoms with Gasteiger partial charge < -0.3 is 5.32 Å². The van der Waals surface area contributed by atoms with E-state index in [1.165, 1.54) is 29.8 Å². The maximum Gasteiger partial charge on any atom is 0.151 e. The van der Waals surface area contributed by atoms with Crippen LogP contribution in [0.25, 0.3) is 20.4 Å². The largest absolute Gasteiger partial charge is 0.339 e. The van der Waals surface area contributed by atoms with Crippen molar-refractivity contribution in [3.05, 3.63) is 54.7 Å². The van der Waals surface area contributed by atoms with E-state index in [9.17, 15) is 4.39 Å². The molecule has 0 aliphatic carbocycles. The van der Waals surface area contributed by atoms with Gasteiger partial charge in [0.25, 0.3) is 0 Å². The standard InChI is InChI=1S/C15H9FN4S/c16-9-3-1-4-10(7-9)20-14-13-12(18-8-19-14)11-5-2-6-17-15(11)21-13/h1-8H,(H,18,19,20). The number of nitrogens with one attached hydrogen (secondary N) is 1. The Hall–Kier alpha value is -2.60. The molecule has 4 aromatic rings. The molecule has 0 saturated heterocycles. The van der Waals surface area contributed by atoms with Crippen LogP contribution in [-0.2, 0) is 0 Å². The van der Waals surface area contributed by atoms with Crippen LogP contribution < -0.4 is 5.32 Å². The number of hydrogen-bond acceptors (Lipinski definition) is 5. The minimum absolute atomic E-state index is 0.289. The highest BCUT2D eigenvalue weighted by Gasteiger charge is 2.11. The van der Waals surface area contributed by atoms with Gasteiger partial charge in [0, 0.05) is 17.3 Å². The smallest absolute Gasteiger partial charge is 0.151 e. The van der Waals surface area contributed by atoms with Crippen LogP contribution in [0.4, 0.5) is 15.9 Å². The first-order chi connectivity index (χ1) is 10.3. The fourth-order valence-corrected chi connectivity index (χ4v) is 3.24. The Balaban J connectivity index is 1.89. The van der Waals surface area contributed by atoms with Crippen LogP contribution in [0.15, 0.2) is 48.9 Å². The highest BCUT2D eigenvalue weighted by molar-refractivity contribution is 7.25. The molecule has 0 radical (unpaired) electrons. The first kappa shape index (κ1) is 12.2. The lowest BCUT2D eigenvalue weighted by Gasteiger charge is -2.05. The minimum atomic E-state index is -0.289. The minimum Gasteiger partial charge on any atom is -0.339 e. The molecule has 0 fully saturated rings. The quantitative estimate of drug-likeness (QED) is 0.604. The molecule has 4 nitrogen and oxygen atoms in total. The molecule has 0 aliphatic heterocycles. The molecule has 21 heavy (non-hydrogen) atoms. The molecule has 0 aliphatic rings. The Labute approximate surface area is 123 Å². The van der Waals surface area contributed by atoms with Gasteiger partial charge in [-0.15, -0.1) is 11.3 Å². The van der Waals surface area contributed by atoms with Crippen LogP contribution in [0.5, 0.6) is 0 Å². The van der Waals surface area contributed by atoms with Crippen molar-refractivity contribution >= 4 is 43.3 Å². The summed E-state index contributed by atoms with van der Waals surface area (Å²) in [6.45, 7) is 0. The number of nitrogens with zero attached hydrogens (tertiary/aromatic N) is 3. The summed E-state index contributed by atoms with van der Waals surface area (Å²) in [5, 5.41) is 4.14. The Morgan fingerprint density at radius 2 is 2.00 bits per heavy atom. The number of aromatic nitrogens is 3. The van der Waals surface area contributed by atoms with E-state index in [2.05, 4.69) is 20.3 Å². The average Bonchev–Trinajstić information content (AvgIpc) is 2.87. The number of anilines is 2. The zero-order valence-corrected chi connectivity index (χ0v) is 11.6. The fraction of sp³-hybridized carbons (Fsp3) is 0. The van der Waals surface area contributed by atoms with Crippen molar-refractivity contribution in [1.82, 2.24) is 15.0 Å². The molecule has 0 atom stereocenters. The summed E-state index contributed by atoms with van der Waals surface area (Å²) in [5.41, 5.74) is 1.51. The molecule has 0 saturated carbocycles. The van der Waals surface area contributed by atoms with Crippen LogP contribution in [0, 0.1) is 5.82 Å². The van der Waals surface area contributed by atoms with Gasteiger partial charge >= 0.3 is 0 Å². The van der Waals surface area contributed by atoms with Crippen molar-refractivity contribution in [2.75, 3.05) is 5.32 Å². The van der Waals surface area contributed by atoms with E-state index in [1.807, 2.05) is 12.1 Å². The SMILES string of the molecule is Fc1cccc(Nc2ncnc3c2sc2ncccc23)c1. The van der Waals surface area contributed by atoms with E-state index in [1.54, 1.807) is 18.3 Å². The number of thiophene rings is 1. The van der Waals surface area contributed by atoms with E-state index in [-0.39, 0.29) is 5.82 Å². The number of benzene rings is 1. The van der Waals surface area contributed by atoms with E-state index in [4.69, 9.17) is 0 Å².